The van der Waals surface area contributed by atoms with E-state index in [1.807, 2.05) is 0 Å². The molecule has 4 rings (SSSR count). The Hall–Kier alpha value is -3.76. The van der Waals surface area contributed by atoms with Gasteiger partial charge < -0.3 is 31.1 Å². The highest BCUT2D eigenvalue weighted by atomic mass is 16.5. The maximum atomic E-state index is 13.1. The molecule has 0 aromatic heterocycles. The third kappa shape index (κ3) is 5.89. The SMILES string of the molecule is N=C(N)c1ccc(NC(=O)[C@H](O)[C@H]2OCCN(c3ccc(NC(=O)C4CCCCC4)cc3)C2=O)cc1. The van der Waals surface area contributed by atoms with Gasteiger partial charge in [-0.15, -0.1) is 0 Å². The molecule has 0 spiro atoms. The summed E-state index contributed by atoms with van der Waals surface area (Å²) in [6.07, 6.45) is 2.07. The van der Waals surface area contributed by atoms with Gasteiger partial charge in [0.2, 0.25) is 5.91 Å². The molecule has 1 aliphatic carbocycles. The molecule has 2 aliphatic rings. The Morgan fingerprint density at radius 2 is 1.61 bits per heavy atom. The molecule has 1 saturated carbocycles. The number of carbonyl (C=O) groups is 3. The zero-order chi connectivity index (χ0) is 25.7. The molecule has 36 heavy (non-hydrogen) atoms. The second-order valence-electron chi connectivity index (χ2n) is 9.08. The first-order chi connectivity index (χ1) is 17.3. The number of benzene rings is 2. The fourth-order valence-electron chi connectivity index (χ4n) is 4.51. The smallest absolute Gasteiger partial charge is 0.259 e. The lowest BCUT2D eigenvalue weighted by atomic mass is 9.88. The van der Waals surface area contributed by atoms with Crippen molar-refractivity contribution in [1.29, 1.82) is 5.41 Å². The summed E-state index contributed by atoms with van der Waals surface area (Å²) in [5.74, 6) is -1.36. The van der Waals surface area contributed by atoms with E-state index in [4.69, 9.17) is 15.9 Å². The molecule has 2 atom stereocenters. The van der Waals surface area contributed by atoms with E-state index in [0.29, 0.717) is 22.6 Å². The third-order valence-electron chi connectivity index (χ3n) is 6.56. The van der Waals surface area contributed by atoms with Crippen molar-refractivity contribution in [3.8, 4) is 0 Å². The van der Waals surface area contributed by atoms with E-state index in [2.05, 4.69) is 10.6 Å². The molecule has 0 radical (unpaired) electrons. The first kappa shape index (κ1) is 25.3. The van der Waals surface area contributed by atoms with Gasteiger partial charge in [-0.1, -0.05) is 19.3 Å². The van der Waals surface area contributed by atoms with Crippen molar-refractivity contribution in [2.45, 2.75) is 44.3 Å². The standard InChI is InChI=1S/C26H31N5O5/c27-23(28)16-6-8-18(9-7-16)30-25(34)21(32)22-26(35)31(14-15-36-22)20-12-10-19(11-13-20)29-24(33)17-4-2-1-3-5-17/h6-13,17,21-22,32H,1-5,14-15H2,(H3,27,28)(H,29,33)(H,30,34)/t21-,22-/m1/s1. The summed E-state index contributed by atoms with van der Waals surface area (Å²) in [5, 5.41) is 23.5. The van der Waals surface area contributed by atoms with Crippen LogP contribution in [0, 0.1) is 11.3 Å². The molecule has 2 fully saturated rings. The van der Waals surface area contributed by atoms with Crippen LogP contribution in [-0.2, 0) is 19.1 Å². The maximum Gasteiger partial charge on any atom is 0.259 e. The van der Waals surface area contributed by atoms with E-state index in [1.165, 1.54) is 11.3 Å². The first-order valence-corrected chi connectivity index (χ1v) is 12.1. The molecule has 0 unspecified atom stereocenters. The van der Waals surface area contributed by atoms with Crippen LogP contribution in [0.15, 0.2) is 48.5 Å². The fourth-order valence-corrected chi connectivity index (χ4v) is 4.51. The summed E-state index contributed by atoms with van der Waals surface area (Å²) in [6.45, 7) is 0.415. The highest BCUT2D eigenvalue weighted by molar-refractivity contribution is 6.04. The number of ether oxygens (including phenoxy) is 1. The van der Waals surface area contributed by atoms with Crippen LogP contribution in [-0.4, -0.2) is 54.0 Å². The zero-order valence-electron chi connectivity index (χ0n) is 19.9. The Labute approximate surface area is 209 Å². The van der Waals surface area contributed by atoms with Crippen molar-refractivity contribution < 1.29 is 24.2 Å². The normalized spacial score (nSPS) is 19.4. The number of morpholine rings is 1. The Bertz CT molecular complexity index is 1110. The number of nitrogens with zero attached hydrogens (tertiary/aromatic N) is 1. The van der Waals surface area contributed by atoms with Gasteiger partial charge in [-0.05, 0) is 61.4 Å². The van der Waals surface area contributed by atoms with E-state index in [-0.39, 0.29) is 30.8 Å². The minimum Gasteiger partial charge on any atom is -0.384 e. The summed E-state index contributed by atoms with van der Waals surface area (Å²) in [5.41, 5.74) is 7.54. The number of rotatable bonds is 7. The molecule has 10 heteroatoms. The van der Waals surface area contributed by atoms with Crippen molar-refractivity contribution in [3.63, 3.8) is 0 Å². The van der Waals surface area contributed by atoms with Gasteiger partial charge in [-0.3, -0.25) is 19.8 Å². The van der Waals surface area contributed by atoms with Crippen molar-refractivity contribution >= 4 is 40.6 Å². The van der Waals surface area contributed by atoms with Gasteiger partial charge in [0.1, 0.15) is 5.84 Å². The number of hydrogen-bond acceptors (Lipinski definition) is 6. The molecule has 190 valence electrons. The van der Waals surface area contributed by atoms with Crippen LogP contribution < -0.4 is 21.3 Å². The topological polar surface area (TPSA) is 158 Å². The lowest BCUT2D eigenvalue weighted by Crippen LogP contribution is -2.55. The number of anilines is 3. The third-order valence-corrected chi connectivity index (χ3v) is 6.56. The second kappa shape index (κ2) is 11.3. The van der Waals surface area contributed by atoms with Crippen molar-refractivity contribution in [1.82, 2.24) is 0 Å². The maximum absolute atomic E-state index is 13.1. The number of amidine groups is 1. The number of nitrogen functional groups attached to an aromatic ring is 1. The molecule has 0 bridgehead atoms. The summed E-state index contributed by atoms with van der Waals surface area (Å²) in [6, 6.07) is 13.1. The van der Waals surface area contributed by atoms with Crippen LogP contribution in [0.25, 0.3) is 0 Å². The van der Waals surface area contributed by atoms with Gasteiger partial charge in [-0.25, -0.2) is 0 Å². The number of hydrogen-bond donors (Lipinski definition) is 5. The molecular formula is C26H31N5O5. The average Bonchev–Trinajstić information content (AvgIpc) is 2.90. The summed E-state index contributed by atoms with van der Waals surface area (Å²) >= 11 is 0. The lowest BCUT2D eigenvalue weighted by molar-refractivity contribution is -0.150. The average molecular weight is 494 g/mol. The van der Waals surface area contributed by atoms with E-state index in [0.717, 1.165) is 25.7 Å². The molecule has 2 aromatic rings. The highest BCUT2D eigenvalue weighted by Crippen LogP contribution is 2.26. The van der Waals surface area contributed by atoms with Gasteiger partial charge in [0.25, 0.3) is 11.8 Å². The van der Waals surface area contributed by atoms with E-state index >= 15 is 0 Å². The summed E-state index contributed by atoms with van der Waals surface area (Å²) in [7, 11) is 0. The van der Waals surface area contributed by atoms with E-state index in [9.17, 15) is 19.5 Å². The van der Waals surface area contributed by atoms with Gasteiger partial charge in [0.15, 0.2) is 12.2 Å². The largest absolute Gasteiger partial charge is 0.384 e. The van der Waals surface area contributed by atoms with Crippen LogP contribution in [0.2, 0.25) is 0 Å². The quantitative estimate of drug-likeness (QED) is 0.294. The highest BCUT2D eigenvalue weighted by Gasteiger charge is 2.39. The van der Waals surface area contributed by atoms with Crippen LogP contribution in [0.4, 0.5) is 17.1 Å². The number of amides is 3. The van der Waals surface area contributed by atoms with E-state index in [1.54, 1.807) is 48.5 Å². The number of aliphatic hydroxyl groups excluding tert-OH is 1. The molecule has 6 N–H and O–H groups in total. The van der Waals surface area contributed by atoms with E-state index < -0.39 is 24.0 Å². The Balaban J connectivity index is 1.36. The van der Waals surface area contributed by atoms with Gasteiger partial charge in [-0.2, -0.15) is 0 Å². The molecular weight excluding hydrogens is 462 g/mol. The minimum atomic E-state index is -1.72. The molecule has 3 amide bonds. The second-order valence-corrected chi connectivity index (χ2v) is 9.08. The van der Waals surface area contributed by atoms with Crippen molar-refractivity contribution in [3.05, 3.63) is 54.1 Å². The number of carbonyl (C=O) groups excluding carboxylic acids is 3. The monoisotopic (exact) mass is 493 g/mol. The Morgan fingerprint density at radius 1 is 1.00 bits per heavy atom. The van der Waals surface area contributed by atoms with Crippen LogP contribution in [0.1, 0.15) is 37.7 Å². The number of aliphatic hydroxyl groups is 1. The van der Waals surface area contributed by atoms with Crippen molar-refractivity contribution in [2.75, 3.05) is 28.7 Å². The van der Waals surface area contributed by atoms with Crippen molar-refractivity contribution in [2.24, 2.45) is 11.7 Å². The van der Waals surface area contributed by atoms with Gasteiger partial charge >= 0.3 is 0 Å². The van der Waals surface area contributed by atoms with Crippen LogP contribution in [0.5, 0.6) is 0 Å². The predicted octanol–water partition coefficient (Wildman–Crippen LogP) is 2.22. The molecule has 1 heterocycles. The summed E-state index contributed by atoms with van der Waals surface area (Å²) < 4.78 is 5.45. The lowest BCUT2D eigenvalue weighted by Gasteiger charge is -2.34. The Morgan fingerprint density at radius 3 is 2.25 bits per heavy atom. The predicted molar refractivity (Wildman–Crippen MR) is 136 cm³/mol. The number of nitrogens with two attached hydrogens (primary N) is 1. The number of nitrogens with one attached hydrogen (secondary N) is 3. The Kier molecular flexibility index (Phi) is 7.97. The van der Waals surface area contributed by atoms with Crippen LogP contribution in [0.3, 0.4) is 0 Å². The zero-order valence-corrected chi connectivity index (χ0v) is 19.9. The molecule has 1 aliphatic heterocycles. The van der Waals surface area contributed by atoms with Gasteiger partial charge in [0, 0.05) is 35.1 Å². The van der Waals surface area contributed by atoms with Crippen LogP contribution >= 0.6 is 0 Å². The van der Waals surface area contributed by atoms with Gasteiger partial charge in [0.05, 0.1) is 6.61 Å². The first-order valence-electron chi connectivity index (χ1n) is 12.1. The molecule has 1 saturated heterocycles. The fraction of sp³-hybridized carbons (Fsp3) is 0.385. The molecule has 2 aromatic carbocycles. The summed E-state index contributed by atoms with van der Waals surface area (Å²) in [4.78, 5) is 39.6. The molecule has 10 nitrogen and oxygen atoms in total. The minimum absolute atomic E-state index is 0.0232.